The zero-order valence-electron chi connectivity index (χ0n) is 17.5. The van der Waals surface area contributed by atoms with Crippen LogP contribution >= 0.6 is 22.9 Å². The van der Waals surface area contributed by atoms with E-state index in [4.69, 9.17) is 16.3 Å². The standard InChI is InChI=1S/C23H21ClN4O3S/c1-14(2)10-20-27-28-21(29)12-18(26-23(28)32-20)13-31-19-8-6-17(7-9-19)25-22(30)15-4-3-5-16(24)11-15/h3-9,11-12,14H,10,13H2,1-2H3,(H,25,30). The van der Waals surface area contributed by atoms with E-state index in [1.54, 1.807) is 48.5 Å². The predicted octanol–water partition coefficient (Wildman–Crippen LogP) is 4.83. The second-order valence-electron chi connectivity index (χ2n) is 7.65. The number of nitrogens with zero attached hydrogens (tertiary/aromatic N) is 3. The third kappa shape index (κ3) is 5.33. The molecule has 4 rings (SSSR count). The molecule has 4 aromatic rings. The Balaban J connectivity index is 1.40. The van der Waals surface area contributed by atoms with Crippen LogP contribution in [0.4, 0.5) is 5.69 Å². The van der Waals surface area contributed by atoms with Crippen LogP contribution in [0.1, 0.15) is 34.9 Å². The van der Waals surface area contributed by atoms with Gasteiger partial charge in [-0.05, 0) is 48.4 Å². The van der Waals surface area contributed by atoms with Crippen molar-refractivity contribution in [1.29, 1.82) is 0 Å². The van der Waals surface area contributed by atoms with Gasteiger partial charge in [-0.2, -0.15) is 9.61 Å². The maximum Gasteiger partial charge on any atom is 0.275 e. The molecule has 0 radical (unpaired) electrons. The van der Waals surface area contributed by atoms with E-state index in [-0.39, 0.29) is 18.1 Å². The van der Waals surface area contributed by atoms with Crippen molar-refractivity contribution in [2.24, 2.45) is 5.92 Å². The fourth-order valence-electron chi connectivity index (χ4n) is 3.03. The summed E-state index contributed by atoms with van der Waals surface area (Å²) in [6.45, 7) is 4.36. The first kappa shape index (κ1) is 22.0. The van der Waals surface area contributed by atoms with E-state index in [1.165, 1.54) is 21.9 Å². The van der Waals surface area contributed by atoms with E-state index in [0.717, 1.165) is 11.4 Å². The van der Waals surface area contributed by atoms with Crippen molar-refractivity contribution in [2.45, 2.75) is 26.9 Å². The number of anilines is 1. The number of halogens is 1. The largest absolute Gasteiger partial charge is 0.487 e. The van der Waals surface area contributed by atoms with E-state index < -0.39 is 0 Å². The Morgan fingerprint density at radius 1 is 1.19 bits per heavy atom. The number of ether oxygens (including phenoxy) is 1. The maximum atomic E-state index is 12.4. The van der Waals surface area contributed by atoms with E-state index >= 15 is 0 Å². The summed E-state index contributed by atoms with van der Waals surface area (Å²) in [6, 6.07) is 15.1. The van der Waals surface area contributed by atoms with Gasteiger partial charge in [0.05, 0.1) is 5.69 Å². The number of aromatic nitrogens is 3. The topological polar surface area (TPSA) is 85.6 Å². The number of fused-ring (bicyclic) bond motifs is 1. The molecule has 0 aliphatic carbocycles. The zero-order chi connectivity index (χ0) is 22.7. The second kappa shape index (κ2) is 9.50. The molecule has 0 saturated carbocycles. The van der Waals surface area contributed by atoms with Crippen LogP contribution in [-0.2, 0) is 13.0 Å². The highest BCUT2D eigenvalue weighted by Crippen LogP contribution is 2.19. The van der Waals surface area contributed by atoms with Crippen molar-refractivity contribution in [3.63, 3.8) is 0 Å². The number of nitrogens with one attached hydrogen (secondary N) is 1. The fourth-order valence-corrected chi connectivity index (χ4v) is 4.35. The molecule has 32 heavy (non-hydrogen) atoms. The molecule has 0 bridgehead atoms. The van der Waals surface area contributed by atoms with Gasteiger partial charge in [0.2, 0.25) is 4.96 Å². The molecular weight excluding hydrogens is 448 g/mol. The lowest BCUT2D eigenvalue weighted by molar-refractivity contribution is 0.102. The second-order valence-corrected chi connectivity index (χ2v) is 9.13. The van der Waals surface area contributed by atoms with Crippen LogP contribution in [0.15, 0.2) is 59.4 Å². The first-order valence-corrected chi connectivity index (χ1v) is 11.3. The van der Waals surface area contributed by atoms with Gasteiger partial charge < -0.3 is 10.1 Å². The van der Waals surface area contributed by atoms with Crippen LogP contribution < -0.4 is 15.6 Å². The monoisotopic (exact) mass is 468 g/mol. The van der Waals surface area contributed by atoms with Crippen molar-refractivity contribution in [3.8, 4) is 5.75 Å². The molecule has 2 heterocycles. The summed E-state index contributed by atoms with van der Waals surface area (Å²) < 4.78 is 7.11. The molecule has 1 amide bonds. The number of rotatable bonds is 7. The van der Waals surface area contributed by atoms with Crippen LogP contribution in [0.3, 0.4) is 0 Å². The molecule has 0 saturated heterocycles. The first-order valence-electron chi connectivity index (χ1n) is 10.1. The van der Waals surface area contributed by atoms with Gasteiger partial charge in [-0.25, -0.2) is 4.98 Å². The maximum absolute atomic E-state index is 12.4. The number of carbonyl (C=O) groups excluding carboxylic acids is 1. The number of benzene rings is 2. The summed E-state index contributed by atoms with van der Waals surface area (Å²) in [6.07, 6.45) is 0.805. The van der Waals surface area contributed by atoms with Crippen molar-refractivity contribution < 1.29 is 9.53 Å². The summed E-state index contributed by atoms with van der Waals surface area (Å²) >= 11 is 7.35. The van der Waals surface area contributed by atoms with Crippen LogP contribution in [0.5, 0.6) is 5.75 Å². The van der Waals surface area contributed by atoms with E-state index in [0.29, 0.717) is 38.6 Å². The lowest BCUT2D eigenvalue weighted by atomic mass is 10.1. The van der Waals surface area contributed by atoms with Gasteiger partial charge in [-0.3, -0.25) is 9.59 Å². The molecule has 0 unspecified atom stereocenters. The summed E-state index contributed by atoms with van der Waals surface area (Å²) in [4.78, 5) is 29.7. The number of hydrogen-bond acceptors (Lipinski definition) is 6. The van der Waals surface area contributed by atoms with E-state index in [1.807, 2.05) is 0 Å². The first-order chi connectivity index (χ1) is 15.4. The van der Waals surface area contributed by atoms with Gasteiger partial charge in [0.1, 0.15) is 17.4 Å². The van der Waals surface area contributed by atoms with Gasteiger partial charge in [0.15, 0.2) is 0 Å². The van der Waals surface area contributed by atoms with Crippen molar-refractivity contribution in [1.82, 2.24) is 14.6 Å². The smallest absolute Gasteiger partial charge is 0.275 e. The van der Waals surface area contributed by atoms with Gasteiger partial charge in [0.25, 0.3) is 11.5 Å². The zero-order valence-corrected chi connectivity index (χ0v) is 19.1. The number of amides is 1. The average Bonchev–Trinajstić information content (AvgIpc) is 3.15. The van der Waals surface area contributed by atoms with Crippen LogP contribution in [0.2, 0.25) is 5.02 Å². The molecule has 7 nitrogen and oxygen atoms in total. The predicted molar refractivity (Wildman–Crippen MR) is 126 cm³/mol. The quantitative estimate of drug-likeness (QED) is 0.419. The third-order valence-electron chi connectivity index (χ3n) is 4.51. The minimum atomic E-state index is -0.250. The van der Waals surface area contributed by atoms with Crippen LogP contribution in [0, 0.1) is 5.92 Å². The molecule has 0 fully saturated rings. The van der Waals surface area contributed by atoms with Crippen molar-refractivity contribution >= 4 is 39.5 Å². The summed E-state index contributed by atoms with van der Waals surface area (Å²) in [7, 11) is 0. The minimum Gasteiger partial charge on any atom is -0.487 e. The molecule has 1 N–H and O–H groups in total. The van der Waals surface area contributed by atoms with Crippen LogP contribution in [0.25, 0.3) is 4.96 Å². The Morgan fingerprint density at radius 2 is 1.97 bits per heavy atom. The van der Waals surface area contributed by atoms with Crippen LogP contribution in [-0.4, -0.2) is 20.5 Å². The highest BCUT2D eigenvalue weighted by molar-refractivity contribution is 7.16. The Morgan fingerprint density at radius 3 is 2.69 bits per heavy atom. The Hall–Kier alpha value is -3.23. The van der Waals surface area contributed by atoms with E-state index in [2.05, 4.69) is 29.2 Å². The van der Waals surface area contributed by atoms with Crippen molar-refractivity contribution in [3.05, 3.63) is 86.2 Å². The molecule has 9 heteroatoms. The highest BCUT2D eigenvalue weighted by Gasteiger charge is 2.11. The summed E-state index contributed by atoms with van der Waals surface area (Å²) in [5, 5.41) is 8.55. The SMILES string of the molecule is CC(C)Cc1nn2c(=O)cc(COc3ccc(NC(=O)c4cccc(Cl)c4)cc3)nc2s1. The fraction of sp³-hybridized carbons (Fsp3) is 0.217. The summed E-state index contributed by atoms with van der Waals surface area (Å²) in [5.74, 6) is 0.797. The van der Waals surface area contributed by atoms with Gasteiger partial charge in [-0.1, -0.05) is 42.9 Å². The van der Waals surface area contributed by atoms with Crippen molar-refractivity contribution in [2.75, 3.05) is 5.32 Å². The molecule has 0 aliphatic heterocycles. The number of hydrogen-bond donors (Lipinski definition) is 1. The molecule has 164 valence electrons. The third-order valence-corrected chi connectivity index (χ3v) is 5.67. The molecule has 0 spiro atoms. The van der Waals surface area contributed by atoms with E-state index in [9.17, 15) is 9.59 Å². The number of carbonyl (C=O) groups is 1. The average molecular weight is 469 g/mol. The molecule has 0 atom stereocenters. The Bertz CT molecular complexity index is 1320. The minimum absolute atomic E-state index is 0.150. The molecule has 2 aromatic heterocycles. The lowest BCUT2D eigenvalue weighted by Crippen LogP contribution is -2.16. The lowest BCUT2D eigenvalue weighted by Gasteiger charge is -2.08. The Labute approximate surface area is 193 Å². The molecule has 0 aliphatic rings. The highest BCUT2D eigenvalue weighted by atomic mass is 35.5. The normalized spacial score (nSPS) is 11.1. The van der Waals surface area contributed by atoms with Gasteiger partial charge in [0, 0.05) is 28.8 Å². The summed E-state index contributed by atoms with van der Waals surface area (Å²) in [5.41, 5.74) is 1.42. The van der Waals surface area contributed by atoms with Gasteiger partial charge in [-0.15, -0.1) is 0 Å². The molecule has 2 aromatic carbocycles. The molecular formula is C23H21ClN4O3S. The Kier molecular flexibility index (Phi) is 6.53. The van der Waals surface area contributed by atoms with Gasteiger partial charge >= 0.3 is 0 Å².